The molecule has 0 radical (unpaired) electrons. The molecule has 0 atom stereocenters. The fourth-order valence-corrected chi connectivity index (χ4v) is 2.64. The Bertz CT molecular complexity index is 1360. The zero-order valence-corrected chi connectivity index (χ0v) is 20.3. The summed E-state index contributed by atoms with van der Waals surface area (Å²) < 4.78 is 25.6. The van der Waals surface area contributed by atoms with Crippen LogP contribution in [0.1, 0.15) is 12.5 Å². The van der Waals surface area contributed by atoms with Crippen LogP contribution in [0.2, 0.25) is 0 Å². The minimum absolute atomic E-state index is 0.00660. The fraction of sp³-hybridized carbons (Fsp3) is 0.0357. The average Bonchev–Trinajstić information content (AvgIpc) is 2.90. The Morgan fingerprint density at radius 1 is 0.553 bits per heavy atom. The van der Waals surface area contributed by atoms with Gasteiger partial charge >= 0.3 is 29.8 Å². The van der Waals surface area contributed by atoms with E-state index >= 15 is 0 Å². The van der Waals surface area contributed by atoms with Crippen molar-refractivity contribution in [1.29, 1.82) is 0 Å². The van der Waals surface area contributed by atoms with Gasteiger partial charge in [0.2, 0.25) is 0 Å². The van der Waals surface area contributed by atoms with Crippen LogP contribution in [-0.4, -0.2) is 29.8 Å². The van der Waals surface area contributed by atoms with Crippen molar-refractivity contribution in [3.63, 3.8) is 0 Å². The SMILES string of the molecule is C=CC(=O)Oc1ccc(OC(=O)/C=C(\C)c2ccc(OC(=O)C=C)c(OC(=O)C=C)c2)c(OC(=O)C=C)c1. The molecule has 10 heteroatoms. The van der Waals surface area contributed by atoms with Crippen LogP contribution in [0, 0.1) is 0 Å². The number of hydrogen-bond acceptors (Lipinski definition) is 10. The van der Waals surface area contributed by atoms with Crippen LogP contribution < -0.4 is 23.7 Å². The molecule has 0 N–H and O–H groups in total. The third-order valence-electron chi connectivity index (χ3n) is 4.38. The quantitative estimate of drug-likeness (QED) is 0.244. The van der Waals surface area contributed by atoms with Gasteiger partial charge in [0.25, 0.3) is 0 Å². The summed E-state index contributed by atoms with van der Waals surface area (Å²) in [6, 6.07) is 7.98. The number of benzene rings is 2. The van der Waals surface area contributed by atoms with E-state index in [1.807, 2.05) is 0 Å². The van der Waals surface area contributed by atoms with E-state index in [0.717, 1.165) is 30.4 Å². The van der Waals surface area contributed by atoms with Crippen molar-refractivity contribution in [3.8, 4) is 28.7 Å². The molecule has 10 nitrogen and oxygen atoms in total. The summed E-state index contributed by atoms with van der Waals surface area (Å²) in [5, 5.41) is 0. The summed E-state index contributed by atoms with van der Waals surface area (Å²) in [5.41, 5.74) is 0.783. The van der Waals surface area contributed by atoms with Crippen molar-refractivity contribution >= 4 is 35.4 Å². The Labute approximate surface area is 217 Å². The van der Waals surface area contributed by atoms with Gasteiger partial charge in [-0.05, 0) is 42.3 Å². The number of hydrogen-bond donors (Lipinski definition) is 0. The number of esters is 5. The first kappa shape index (κ1) is 28.7. The summed E-state index contributed by atoms with van der Waals surface area (Å²) in [5.74, 6) is -4.56. The van der Waals surface area contributed by atoms with Gasteiger partial charge in [-0.2, -0.15) is 0 Å². The summed E-state index contributed by atoms with van der Waals surface area (Å²) in [4.78, 5) is 59.1. The zero-order chi connectivity index (χ0) is 28.2. The first-order chi connectivity index (χ1) is 18.1. The number of carbonyl (C=O) groups is 5. The fourth-order valence-electron chi connectivity index (χ4n) is 2.64. The third-order valence-corrected chi connectivity index (χ3v) is 4.38. The highest BCUT2D eigenvalue weighted by atomic mass is 16.6. The van der Waals surface area contributed by atoms with Gasteiger partial charge in [0.1, 0.15) is 5.75 Å². The van der Waals surface area contributed by atoms with E-state index in [1.54, 1.807) is 6.92 Å². The molecule has 0 amide bonds. The molecule has 0 heterocycles. The van der Waals surface area contributed by atoms with E-state index in [-0.39, 0.29) is 28.7 Å². The molecule has 38 heavy (non-hydrogen) atoms. The molecule has 194 valence electrons. The Hall–Kier alpha value is -5.51. The number of allylic oxidation sites excluding steroid dienone is 1. The predicted molar refractivity (Wildman–Crippen MR) is 135 cm³/mol. The van der Waals surface area contributed by atoms with Crippen LogP contribution in [0.4, 0.5) is 0 Å². The second kappa shape index (κ2) is 13.5. The van der Waals surface area contributed by atoms with Gasteiger partial charge in [0.05, 0.1) is 0 Å². The van der Waals surface area contributed by atoms with Gasteiger partial charge in [-0.1, -0.05) is 32.4 Å². The molecule has 0 aliphatic heterocycles. The van der Waals surface area contributed by atoms with Crippen molar-refractivity contribution < 1.29 is 47.7 Å². The Kier molecular flexibility index (Phi) is 10.2. The maximum atomic E-state index is 12.6. The standard InChI is InChI=1S/C28H22O10/c1-6-24(29)34-19-11-13-21(23(16-19)38-27(32)9-4)36-28(33)14-17(5)18-10-12-20(35-25(30)7-2)22(15-18)37-26(31)8-3/h6-16H,1-4H2,5H3/b17-14+. The molecule has 0 aliphatic rings. The third kappa shape index (κ3) is 8.31. The molecular formula is C28H22O10. The highest BCUT2D eigenvalue weighted by molar-refractivity contribution is 5.93. The summed E-state index contributed by atoms with van der Waals surface area (Å²) in [7, 11) is 0. The predicted octanol–water partition coefficient (Wildman–Crippen LogP) is 4.06. The normalized spacial score (nSPS) is 10.3. The van der Waals surface area contributed by atoms with Crippen molar-refractivity contribution in [3.05, 3.63) is 98.7 Å². The second-order valence-corrected chi connectivity index (χ2v) is 7.02. The first-order valence-corrected chi connectivity index (χ1v) is 10.7. The molecule has 0 aliphatic carbocycles. The lowest BCUT2D eigenvalue weighted by molar-refractivity contribution is -0.131. The van der Waals surface area contributed by atoms with Gasteiger partial charge < -0.3 is 23.7 Å². The van der Waals surface area contributed by atoms with Crippen molar-refractivity contribution in [2.75, 3.05) is 0 Å². The molecule has 0 saturated heterocycles. The molecule has 0 saturated carbocycles. The lowest BCUT2D eigenvalue weighted by atomic mass is 10.1. The molecule has 2 aromatic rings. The molecule has 2 rings (SSSR count). The van der Waals surface area contributed by atoms with Crippen LogP contribution in [0.15, 0.2) is 93.1 Å². The Morgan fingerprint density at radius 3 is 1.50 bits per heavy atom. The lowest BCUT2D eigenvalue weighted by Gasteiger charge is -2.12. The molecule has 2 aromatic carbocycles. The maximum absolute atomic E-state index is 12.6. The van der Waals surface area contributed by atoms with E-state index in [9.17, 15) is 24.0 Å². The maximum Gasteiger partial charge on any atom is 0.336 e. The largest absolute Gasteiger partial charge is 0.423 e. The summed E-state index contributed by atoms with van der Waals surface area (Å²) >= 11 is 0. The van der Waals surface area contributed by atoms with Crippen LogP contribution in [-0.2, 0) is 24.0 Å². The van der Waals surface area contributed by atoms with E-state index in [0.29, 0.717) is 11.1 Å². The summed E-state index contributed by atoms with van der Waals surface area (Å²) in [6.45, 7) is 14.8. The smallest absolute Gasteiger partial charge is 0.336 e. The van der Waals surface area contributed by atoms with Crippen molar-refractivity contribution in [2.45, 2.75) is 6.92 Å². The van der Waals surface area contributed by atoms with Gasteiger partial charge in [-0.25, -0.2) is 24.0 Å². The number of ether oxygens (including phenoxy) is 5. The molecule has 0 spiro atoms. The molecule has 0 unspecified atom stereocenters. The highest BCUT2D eigenvalue weighted by Gasteiger charge is 2.16. The van der Waals surface area contributed by atoms with E-state index in [4.69, 9.17) is 23.7 Å². The summed E-state index contributed by atoms with van der Waals surface area (Å²) in [6.07, 6.45) is 4.81. The van der Waals surface area contributed by atoms with Crippen LogP contribution in [0.5, 0.6) is 28.7 Å². The average molecular weight is 518 g/mol. The van der Waals surface area contributed by atoms with Crippen molar-refractivity contribution in [2.24, 2.45) is 0 Å². The molecule has 0 aromatic heterocycles. The van der Waals surface area contributed by atoms with E-state index < -0.39 is 29.8 Å². The van der Waals surface area contributed by atoms with Gasteiger partial charge in [0.15, 0.2) is 23.0 Å². The monoisotopic (exact) mass is 518 g/mol. The minimum Gasteiger partial charge on any atom is -0.423 e. The topological polar surface area (TPSA) is 132 Å². The van der Waals surface area contributed by atoms with Gasteiger partial charge in [-0.15, -0.1) is 0 Å². The van der Waals surface area contributed by atoms with Gasteiger partial charge in [-0.3, -0.25) is 0 Å². The second-order valence-electron chi connectivity index (χ2n) is 7.02. The molecule has 0 bridgehead atoms. The Balaban J connectivity index is 2.35. The first-order valence-electron chi connectivity index (χ1n) is 10.7. The van der Waals surface area contributed by atoms with E-state index in [2.05, 4.69) is 26.3 Å². The minimum atomic E-state index is -0.860. The van der Waals surface area contributed by atoms with Crippen molar-refractivity contribution in [1.82, 2.24) is 0 Å². The lowest BCUT2D eigenvalue weighted by Crippen LogP contribution is -2.10. The molecular weight excluding hydrogens is 496 g/mol. The van der Waals surface area contributed by atoms with Crippen LogP contribution in [0.3, 0.4) is 0 Å². The zero-order valence-electron chi connectivity index (χ0n) is 20.3. The Morgan fingerprint density at radius 2 is 0.974 bits per heavy atom. The molecule has 0 fully saturated rings. The highest BCUT2D eigenvalue weighted by Crippen LogP contribution is 2.34. The number of rotatable bonds is 11. The van der Waals surface area contributed by atoms with Crippen LogP contribution >= 0.6 is 0 Å². The van der Waals surface area contributed by atoms with E-state index in [1.165, 1.54) is 36.4 Å². The van der Waals surface area contributed by atoms with Crippen LogP contribution in [0.25, 0.3) is 5.57 Å². The number of carbonyl (C=O) groups excluding carboxylic acids is 5. The van der Waals surface area contributed by atoms with Gasteiger partial charge in [0, 0.05) is 36.4 Å².